The Hall–Kier alpha value is -4.62. The van der Waals surface area contributed by atoms with Crippen LogP contribution in [0.25, 0.3) is 0 Å². The van der Waals surface area contributed by atoms with Crippen LogP contribution in [0.3, 0.4) is 0 Å². The van der Waals surface area contributed by atoms with Gasteiger partial charge in [-0.2, -0.15) is 8.61 Å². The molecule has 58 heavy (non-hydrogen) atoms. The number of allylic oxidation sites excluding steroid dienone is 2. The van der Waals surface area contributed by atoms with E-state index in [2.05, 4.69) is 13.2 Å². The number of ether oxygens (including phenoxy) is 4. The lowest BCUT2D eigenvalue weighted by atomic mass is 10.1. The van der Waals surface area contributed by atoms with Crippen LogP contribution >= 0.6 is 0 Å². The van der Waals surface area contributed by atoms with Crippen molar-refractivity contribution in [1.29, 1.82) is 0 Å². The fourth-order valence-corrected chi connectivity index (χ4v) is 10.7. The maximum atomic E-state index is 14.1. The van der Waals surface area contributed by atoms with E-state index in [1.54, 1.807) is 42.1 Å². The van der Waals surface area contributed by atoms with Crippen LogP contribution in [0, 0.1) is 0 Å². The van der Waals surface area contributed by atoms with Crippen molar-refractivity contribution in [2.45, 2.75) is 95.7 Å². The van der Waals surface area contributed by atoms with Gasteiger partial charge in [-0.25, -0.2) is 16.8 Å². The van der Waals surface area contributed by atoms with E-state index in [0.717, 1.165) is 27.8 Å². The van der Waals surface area contributed by atoms with Crippen LogP contribution in [0.4, 0.5) is 0 Å². The van der Waals surface area contributed by atoms with Crippen molar-refractivity contribution in [2.75, 3.05) is 21.3 Å². The number of methoxy groups -OCH3 is 3. The number of sulfonamides is 2. The van der Waals surface area contributed by atoms with Crippen molar-refractivity contribution in [1.82, 2.24) is 8.61 Å². The molecule has 4 aromatic carbocycles. The van der Waals surface area contributed by atoms with Crippen LogP contribution in [0.1, 0.15) is 80.2 Å². The molecule has 0 aliphatic rings. The Morgan fingerprint density at radius 2 is 0.931 bits per heavy atom. The second-order valence-corrected chi connectivity index (χ2v) is 18.6. The summed E-state index contributed by atoms with van der Waals surface area (Å²) < 4.78 is 82.0. The molecule has 0 spiro atoms. The van der Waals surface area contributed by atoms with E-state index in [0.29, 0.717) is 61.5 Å². The van der Waals surface area contributed by atoms with Crippen molar-refractivity contribution in [3.63, 3.8) is 0 Å². The summed E-state index contributed by atoms with van der Waals surface area (Å²) >= 11 is 0. The third-order valence-electron chi connectivity index (χ3n) is 10.3. The fraction of sp³-hybridized carbons (Fsp3) is 0.391. The molecule has 314 valence electrons. The lowest BCUT2D eigenvalue weighted by Crippen LogP contribution is -2.38. The lowest BCUT2D eigenvalue weighted by molar-refractivity contribution is 0.296. The molecule has 10 nitrogen and oxygen atoms in total. The molecule has 0 saturated heterocycles. The predicted molar refractivity (Wildman–Crippen MR) is 233 cm³/mol. The molecular formula is C46H60N2O8S2. The van der Waals surface area contributed by atoms with E-state index >= 15 is 0 Å². The van der Waals surface area contributed by atoms with E-state index in [1.807, 2.05) is 105 Å². The van der Waals surface area contributed by atoms with Crippen molar-refractivity contribution >= 4 is 20.0 Å². The first-order chi connectivity index (χ1) is 27.9. The second-order valence-electron chi connectivity index (χ2n) is 14.2. The highest BCUT2D eigenvalue weighted by Gasteiger charge is 2.32. The molecule has 0 aromatic heterocycles. The van der Waals surface area contributed by atoms with Gasteiger partial charge in [0.1, 0.15) is 29.6 Å². The molecule has 0 radical (unpaired) electrons. The highest BCUT2D eigenvalue weighted by molar-refractivity contribution is 7.90. The average Bonchev–Trinajstić information content (AvgIpc) is 3.23. The molecule has 0 unspecified atom stereocenters. The van der Waals surface area contributed by atoms with Gasteiger partial charge in [0.2, 0.25) is 20.0 Å². The summed E-state index contributed by atoms with van der Waals surface area (Å²) in [5.41, 5.74) is 4.08. The first kappa shape index (κ1) is 46.1. The molecule has 4 aromatic rings. The van der Waals surface area contributed by atoms with E-state index in [9.17, 15) is 16.8 Å². The van der Waals surface area contributed by atoms with E-state index < -0.39 is 30.5 Å². The topological polar surface area (TPSA) is 112 Å². The summed E-state index contributed by atoms with van der Waals surface area (Å²) in [5, 5.41) is -1.08. The molecule has 2 atom stereocenters. The smallest absolute Gasteiger partial charge is 0.217 e. The Balaban J connectivity index is 1.54. The zero-order valence-corrected chi connectivity index (χ0v) is 36.3. The first-order valence-electron chi connectivity index (χ1n) is 19.7. The van der Waals surface area contributed by atoms with E-state index in [1.165, 1.54) is 0 Å². The Morgan fingerprint density at radius 1 is 0.552 bits per heavy atom. The summed E-state index contributed by atoms with van der Waals surface area (Å²) in [4.78, 5) is 0. The summed E-state index contributed by atoms with van der Waals surface area (Å²) in [6.07, 6.45) is 6.72. The van der Waals surface area contributed by atoms with Crippen LogP contribution in [-0.2, 0) is 52.8 Å². The number of hydrogen-bond donors (Lipinski definition) is 0. The highest BCUT2D eigenvalue weighted by atomic mass is 32.2. The van der Waals surface area contributed by atoms with E-state index in [-0.39, 0.29) is 32.8 Å². The lowest BCUT2D eigenvalue weighted by Gasteiger charge is -2.28. The molecular weight excluding hydrogens is 773 g/mol. The van der Waals surface area contributed by atoms with Crippen molar-refractivity contribution in [3.05, 3.63) is 144 Å². The fourth-order valence-electron chi connectivity index (χ4n) is 6.80. The molecule has 0 bridgehead atoms. The monoisotopic (exact) mass is 832 g/mol. The molecule has 0 N–H and O–H groups in total. The van der Waals surface area contributed by atoms with E-state index in [4.69, 9.17) is 18.9 Å². The van der Waals surface area contributed by atoms with Gasteiger partial charge in [0.15, 0.2) is 0 Å². The van der Waals surface area contributed by atoms with Crippen LogP contribution in [0.5, 0.6) is 23.0 Å². The molecule has 0 heterocycles. The normalized spacial score (nSPS) is 12.9. The summed E-state index contributed by atoms with van der Waals surface area (Å²) in [7, 11) is -2.56. The minimum absolute atomic E-state index is 0.160. The molecule has 0 aliphatic carbocycles. The Labute approximate surface area is 347 Å². The molecule has 0 fully saturated rings. The Kier molecular flexibility index (Phi) is 17.9. The number of benzene rings is 4. The molecule has 4 rings (SSSR count). The SMILES string of the molecule is C=CCC[C@@H](CC)S(=O)(=O)N(Cc1ccc(OC)cc1)Cc1ccc(OCc2cc(CN(Cc3ccc(OC)cc3)S(=O)(=O)[C@@H](CC)CCC=C)ccc2OC)cc1. The first-order valence-corrected chi connectivity index (χ1v) is 22.8. The van der Waals surface area contributed by atoms with Gasteiger partial charge in [-0.05, 0) is 109 Å². The predicted octanol–water partition coefficient (Wildman–Crippen LogP) is 9.45. The summed E-state index contributed by atoms with van der Waals surface area (Å²) in [6, 6.07) is 27.9. The third-order valence-corrected chi connectivity index (χ3v) is 15.1. The second kappa shape index (κ2) is 22.5. The largest absolute Gasteiger partial charge is 0.497 e. The average molecular weight is 833 g/mol. The number of nitrogens with zero attached hydrogens (tertiary/aromatic N) is 2. The maximum absolute atomic E-state index is 14.1. The van der Waals surface area contributed by atoms with Crippen molar-refractivity contribution in [2.24, 2.45) is 0 Å². The third kappa shape index (κ3) is 12.7. The highest BCUT2D eigenvalue weighted by Crippen LogP contribution is 2.29. The van der Waals surface area contributed by atoms with Crippen LogP contribution in [-0.4, -0.2) is 57.3 Å². The van der Waals surface area contributed by atoms with Gasteiger partial charge in [-0.1, -0.05) is 68.5 Å². The van der Waals surface area contributed by atoms with Crippen LogP contribution in [0.2, 0.25) is 0 Å². The van der Waals surface area contributed by atoms with Crippen LogP contribution in [0.15, 0.2) is 116 Å². The summed E-state index contributed by atoms with van der Waals surface area (Å²) in [5.74, 6) is 2.61. The van der Waals surface area contributed by atoms with Crippen LogP contribution < -0.4 is 18.9 Å². The van der Waals surface area contributed by atoms with Crippen molar-refractivity contribution < 1.29 is 35.8 Å². The Bertz CT molecular complexity index is 2100. The van der Waals surface area contributed by atoms with Gasteiger partial charge >= 0.3 is 0 Å². The Morgan fingerprint density at radius 3 is 1.29 bits per heavy atom. The zero-order chi connectivity index (χ0) is 42.1. The van der Waals surface area contributed by atoms with Gasteiger partial charge in [0.05, 0.1) is 31.8 Å². The number of rotatable bonds is 26. The van der Waals surface area contributed by atoms with Gasteiger partial charge in [-0.15, -0.1) is 13.2 Å². The minimum Gasteiger partial charge on any atom is -0.497 e. The van der Waals surface area contributed by atoms with Gasteiger partial charge in [-0.3, -0.25) is 0 Å². The molecule has 0 amide bonds. The standard InChI is InChI=1S/C46H60N2O8S2/c1-8-12-14-44(10-3)57(49,50)47(31-36-16-23-41(53-5)24-17-36)32-38-20-27-43(28-21-38)56-35-40-30-39(22-29-46(40)55-7)34-48(33-37-18-25-42(54-6)26-19-37)58(51,52)45(11-4)15-13-9-2/h8-9,16-30,44-45H,1-2,10-15,31-35H2,3-7H3/t44-,45+/m1/s1. The molecule has 0 saturated carbocycles. The van der Waals surface area contributed by atoms with Gasteiger partial charge in [0.25, 0.3) is 0 Å². The zero-order valence-electron chi connectivity index (χ0n) is 34.6. The molecule has 12 heteroatoms. The minimum atomic E-state index is -3.69. The van der Waals surface area contributed by atoms with Crippen molar-refractivity contribution in [3.8, 4) is 23.0 Å². The summed E-state index contributed by atoms with van der Waals surface area (Å²) in [6.45, 7) is 12.3. The maximum Gasteiger partial charge on any atom is 0.217 e. The number of hydrogen-bond acceptors (Lipinski definition) is 8. The van der Waals surface area contributed by atoms with Gasteiger partial charge < -0.3 is 18.9 Å². The quantitative estimate of drug-likeness (QED) is 0.0576. The van der Waals surface area contributed by atoms with Gasteiger partial charge in [0, 0.05) is 31.7 Å². The molecule has 0 aliphatic heterocycles.